The second kappa shape index (κ2) is 4.76. The molecule has 0 radical (unpaired) electrons. The van der Waals surface area contributed by atoms with Gasteiger partial charge in [-0.15, -0.1) is 11.6 Å². The molecule has 0 spiro atoms. The maximum atomic E-state index is 6.12. The summed E-state index contributed by atoms with van der Waals surface area (Å²) < 4.78 is 0. The Kier molecular flexibility index (Phi) is 3.38. The highest BCUT2D eigenvalue weighted by atomic mass is 35.5. The number of hydrogen-bond acceptors (Lipinski definition) is 2. The van der Waals surface area contributed by atoms with Crippen molar-refractivity contribution in [2.24, 2.45) is 0 Å². The van der Waals surface area contributed by atoms with Gasteiger partial charge in [0.15, 0.2) is 0 Å². The third-order valence-electron chi connectivity index (χ3n) is 2.58. The van der Waals surface area contributed by atoms with Gasteiger partial charge in [0.25, 0.3) is 0 Å². The van der Waals surface area contributed by atoms with Crippen LogP contribution in [0.15, 0.2) is 24.5 Å². The number of piperidine rings is 1. The highest BCUT2D eigenvalue weighted by Gasteiger charge is 2.17. The Hall–Kier alpha value is -0.600. The molecule has 0 bridgehead atoms. The first kappa shape index (κ1) is 9.94. The van der Waals surface area contributed by atoms with E-state index >= 15 is 0 Å². The average molecular weight is 211 g/mol. The molecule has 0 aromatic carbocycles. The van der Waals surface area contributed by atoms with Crippen LogP contribution in [-0.2, 0) is 6.54 Å². The van der Waals surface area contributed by atoms with E-state index in [1.54, 1.807) is 0 Å². The SMILES string of the molecule is ClC1CCCN(Cc2cccnc2)C1. The van der Waals surface area contributed by atoms with Gasteiger partial charge in [-0.1, -0.05) is 6.07 Å². The lowest BCUT2D eigenvalue weighted by Crippen LogP contribution is -2.35. The monoisotopic (exact) mass is 210 g/mol. The smallest absolute Gasteiger partial charge is 0.0463 e. The van der Waals surface area contributed by atoms with Gasteiger partial charge in [-0.25, -0.2) is 0 Å². The lowest BCUT2D eigenvalue weighted by Gasteiger charge is -2.29. The Morgan fingerprint density at radius 3 is 3.21 bits per heavy atom. The van der Waals surface area contributed by atoms with Crippen LogP contribution in [0.25, 0.3) is 0 Å². The number of aromatic nitrogens is 1. The molecule has 14 heavy (non-hydrogen) atoms. The van der Waals surface area contributed by atoms with Crippen LogP contribution in [-0.4, -0.2) is 28.4 Å². The van der Waals surface area contributed by atoms with Gasteiger partial charge in [0.1, 0.15) is 0 Å². The van der Waals surface area contributed by atoms with Crippen LogP contribution in [0, 0.1) is 0 Å². The Balaban J connectivity index is 1.91. The molecular formula is C11H15ClN2. The number of likely N-dealkylation sites (tertiary alicyclic amines) is 1. The highest BCUT2D eigenvalue weighted by Crippen LogP contribution is 2.16. The second-order valence-corrected chi connectivity index (χ2v) is 4.45. The number of nitrogens with zero attached hydrogens (tertiary/aromatic N) is 2. The summed E-state index contributed by atoms with van der Waals surface area (Å²) >= 11 is 6.12. The van der Waals surface area contributed by atoms with Crippen molar-refractivity contribution < 1.29 is 0 Å². The van der Waals surface area contributed by atoms with Crippen molar-refractivity contribution in [2.75, 3.05) is 13.1 Å². The molecule has 1 unspecified atom stereocenters. The molecule has 1 aromatic heterocycles. The van der Waals surface area contributed by atoms with Crippen molar-refractivity contribution in [1.29, 1.82) is 0 Å². The minimum absolute atomic E-state index is 0.334. The van der Waals surface area contributed by atoms with E-state index in [1.807, 2.05) is 18.5 Å². The minimum Gasteiger partial charge on any atom is -0.298 e. The van der Waals surface area contributed by atoms with E-state index in [9.17, 15) is 0 Å². The fourth-order valence-electron chi connectivity index (χ4n) is 1.89. The molecule has 0 saturated carbocycles. The molecule has 2 heterocycles. The van der Waals surface area contributed by atoms with Crippen LogP contribution in [0.1, 0.15) is 18.4 Å². The summed E-state index contributed by atoms with van der Waals surface area (Å²) in [6.07, 6.45) is 6.11. The molecule has 0 amide bonds. The first-order valence-electron chi connectivity index (χ1n) is 5.10. The van der Waals surface area contributed by atoms with E-state index in [2.05, 4.69) is 16.0 Å². The van der Waals surface area contributed by atoms with Gasteiger partial charge in [-0.2, -0.15) is 0 Å². The van der Waals surface area contributed by atoms with Crippen molar-refractivity contribution in [3.8, 4) is 0 Å². The van der Waals surface area contributed by atoms with Crippen molar-refractivity contribution in [1.82, 2.24) is 9.88 Å². The molecule has 2 nitrogen and oxygen atoms in total. The lowest BCUT2D eigenvalue weighted by atomic mass is 10.1. The third-order valence-corrected chi connectivity index (χ3v) is 2.93. The number of alkyl halides is 1. The fraction of sp³-hybridized carbons (Fsp3) is 0.545. The van der Waals surface area contributed by atoms with Crippen molar-refractivity contribution in [2.45, 2.75) is 24.8 Å². The van der Waals surface area contributed by atoms with Crippen LogP contribution in [0.3, 0.4) is 0 Å². The molecular weight excluding hydrogens is 196 g/mol. The van der Waals surface area contributed by atoms with Crippen LogP contribution in [0.4, 0.5) is 0 Å². The molecule has 1 fully saturated rings. The molecule has 0 N–H and O–H groups in total. The Morgan fingerprint density at radius 2 is 2.50 bits per heavy atom. The van der Waals surface area contributed by atoms with Crippen molar-refractivity contribution >= 4 is 11.6 Å². The molecule has 0 aliphatic carbocycles. The second-order valence-electron chi connectivity index (χ2n) is 3.84. The zero-order chi connectivity index (χ0) is 9.80. The van der Waals surface area contributed by atoms with Gasteiger partial charge in [0, 0.05) is 30.9 Å². The van der Waals surface area contributed by atoms with E-state index in [4.69, 9.17) is 11.6 Å². The molecule has 3 heteroatoms. The quantitative estimate of drug-likeness (QED) is 0.697. The van der Waals surface area contributed by atoms with E-state index in [-0.39, 0.29) is 0 Å². The van der Waals surface area contributed by atoms with Gasteiger partial charge in [-0.3, -0.25) is 9.88 Å². The van der Waals surface area contributed by atoms with Crippen LogP contribution < -0.4 is 0 Å². The van der Waals surface area contributed by atoms with Gasteiger partial charge >= 0.3 is 0 Å². The topological polar surface area (TPSA) is 16.1 Å². The summed E-state index contributed by atoms with van der Waals surface area (Å²) in [6.45, 7) is 3.16. The van der Waals surface area contributed by atoms with Crippen LogP contribution in [0.2, 0.25) is 0 Å². The van der Waals surface area contributed by atoms with Crippen molar-refractivity contribution in [3.05, 3.63) is 30.1 Å². The number of rotatable bonds is 2. The normalized spacial score (nSPS) is 23.6. The van der Waals surface area contributed by atoms with Gasteiger partial charge < -0.3 is 0 Å². The predicted molar refractivity (Wildman–Crippen MR) is 58.4 cm³/mol. The van der Waals surface area contributed by atoms with Crippen LogP contribution >= 0.6 is 11.6 Å². The molecule has 1 aromatic rings. The number of hydrogen-bond donors (Lipinski definition) is 0. The van der Waals surface area contributed by atoms with Crippen molar-refractivity contribution in [3.63, 3.8) is 0 Å². The zero-order valence-electron chi connectivity index (χ0n) is 8.19. The molecule has 1 atom stereocenters. The minimum atomic E-state index is 0.334. The van der Waals surface area contributed by atoms with Gasteiger partial charge in [-0.05, 0) is 31.0 Å². The summed E-state index contributed by atoms with van der Waals surface area (Å²) in [7, 11) is 0. The standard InChI is InChI=1S/C11H15ClN2/c12-11-4-2-6-14(9-11)8-10-3-1-5-13-7-10/h1,3,5,7,11H,2,4,6,8-9H2. The Labute approximate surface area is 89.9 Å². The average Bonchev–Trinajstić information content (AvgIpc) is 2.19. The van der Waals surface area contributed by atoms with E-state index < -0.39 is 0 Å². The molecule has 1 aliphatic rings. The third kappa shape index (κ3) is 2.69. The first-order chi connectivity index (χ1) is 6.84. The van der Waals surface area contributed by atoms with Crippen LogP contribution in [0.5, 0.6) is 0 Å². The van der Waals surface area contributed by atoms with E-state index in [1.165, 1.54) is 12.0 Å². The molecule has 76 valence electrons. The van der Waals surface area contributed by atoms with Gasteiger partial charge in [0.05, 0.1) is 0 Å². The first-order valence-corrected chi connectivity index (χ1v) is 5.53. The summed E-state index contributed by atoms with van der Waals surface area (Å²) in [5.41, 5.74) is 1.28. The number of pyridine rings is 1. The summed E-state index contributed by atoms with van der Waals surface area (Å²) in [6, 6.07) is 4.10. The lowest BCUT2D eigenvalue weighted by molar-refractivity contribution is 0.224. The molecule has 2 rings (SSSR count). The fourth-order valence-corrected chi connectivity index (χ4v) is 2.24. The highest BCUT2D eigenvalue weighted by molar-refractivity contribution is 6.20. The van der Waals surface area contributed by atoms with E-state index in [0.29, 0.717) is 5.38 Å². The maximum Gasteiger partial charge on any atom is 0.0463 e. The Bertz CT molecular complexity index is 276. The predicted octanol–water partition coefficient (Wildman–Crippen LogP) is 2.28. The molecule has 1 aliphatic heterocycles. The summed E-state index contributed by atoms with van der Waals surface area (Å²) in [5.74, 6) is 0. The number of halogens is 1. The molecule has 1 saturated heterocycles. The van der Waals surface area contributed by atoms with Gasteiger partial charge in [0.2, 0.25) is 0 Å². The summed E-state index contributed by atoms with van der Waals surface area (Å²) in [5, 5.41) is 0.334. The van der Waals surface area contributed by atoms with E-state index in [0.717, 1.165) is 26.1 Å². The summed E-state index contributed by atoms with van der Waals surface area (Å²) in [4.78, 5) is 6.51. The zero-order valence-corrected chi connectivity index (χ0v) is 8.95. The Morgan fingerprint density at radius 1 is 1.57 bits per heavy atom. The maximum absolute atomic E-state index is 6.12. The largest absolute Gasteiger partial charge is 0.298 e.